The minimum atomic E-state index is -0.922. The zero-order valence-corrected chi connectivity index (χ0v) is 22.7. The van der Waals surface area contributed by atoms with E-state index in [1.54, 1.807) is 50.6 Å². The third-order valence-electron chi connectivity index (χ3n) is 6.75. The van der Waals surface area contributed by atoms with Crippen molar-refractivity contribution < 1.29 is 32.6 Å². The molecule has 40 heavy (non-hydrogen) atoms. The number of hydrogen-bond acceptors (Lipinski definition) is 7. The molecule has 1 aliphatic heterocycles. The number of benzene rings is 2. The van der Waals surface area contributed by atoms with E-state index in [9.17, 15) is 18.4 Å². The summed E-state index contributed by atoms with van der Waals surface area (Å²) in [7, 11) is 4.84. The summed E-state index contributed by atoms with van der Waals surface area (Å²) in [5.41, 5.74) is 2.36. The van der Waals surface area contributed by atoms with Crippen LogP contribution in [0, 0.1) is 11.6 Å². The van der Waals surface area contributed by atoms with Crippen LogP contribution >= 0.6 is 0 Å². The van der Waals surface area contributed by atoms with Gasteiger partial charge in [-0.1, -0.05) is 18.2 Å². The number of aryl methyl sites for hydroxylation is 1. The van der Waals surface area contributed by atoms with E-state index in [4.69, 9.17) is 14.2 Å². The summed E-state index contributed by atoms with van der Waals surface area (Å²) in [6, 6.07) is 11.6. The van der Waals surface area contributed by atoms with E-state index in [-0.39, 0.29) is 18.6 Å². The first-order chi connectivity index (χ1) is 19.3. The number of aromatic nitrogens is 2. The van der Waals surface area contributed by atoms with Crippen LogP contribution in [0.2, 0.25) is 0 Å². The molecule has 1 aliphatic rings. The summed E-state index contributed by atoms with van der Waals surface area (Å²) >= 11 is 0. The number of anilines is 1. The molecule has 0 bridgehead atoms. The standard InChI is InChI=1S/C28H33F2N5O5/c1-34-26(15-24(33-34)18-4-6-19(7-5-18)27(36)40-13-12-39-3)32-28(37)31-25-17-35(10-11-38-2)16-21(25)20-8-9-22(29)23(30)14-20/h4-9,14-15,21,25H,10-13,16-17H2,1-3H3,(H2,31,32,37). The largest absolute Gasteiger partial charge is 0.460 e. The van der Waals surface area contributed by atoms with Crippen molar-refractivity contribution in [2.45, 2.75) is 12.0 Å². The van der Waals surface area contributed by atoms with Gasteiger partial charge in [-0.3, -0.25) is 14.9 Å². The Balaban J connectivity index is 1.42. The maximum atomic E-state index is 14.0. The highest BCUT2D eigenvalue weighted by molar-refractivity contribution is 5.91. The lowest BCUT2D eigenvalue weighted by atomic mass is 9.94. The van der Waals surface area contributed by atoms with E-state index in [2.05, 4.69) is 20.6 Å². The lowest BCUT2D eigenvalue weighted by molar-refractivity contribution is 0.0388. The fourth-order valence-electron chi connectivity index (χ4n) is 4.64. The van der Waals surface area contributed by atoms with E-state index >= 15 is 0 Å². The molecule has 1 saturated heterocycles. The van der Waals surface area contributed by atoms with Crippen LogP contribution in [0.3, 0.4) is 0 Å². The number of halogens is 2. The molecule has 0 spiro atoms. The summed E-state index contributed by atoms with van der Waals surface area (Å²) in [6.07, 6.45) is 0. The van der Waals surface area contributed by atoms with Crippen molar-refractivity contribution in [3.63, 3.8) is 0 Å². The average molecular weight is 558 g/mol. The van der Waals surface area contributed by atoms with E-state index in [0.29, 0.717) is 55.5 Å². The fourth-order valence-corrected chi connectivity index (χ4v) is 4.64. The van der Waals surface area contributed by atoms with Crippen LogP contribution in [0.25, 0.3) is 11.3 Å². The molecule has 1 aromatic heterocycles. The first kappa shape index (κ1) is 29.1. The molecule has 1 fully saturated rings. The molecule has 2 heterocycles. The van der Waals surface area contributed by atoms with Gasteiger partial charge in [0, 0.05) is 58.4 Å². The molecular formula is C28H33F2N5O5. The van der Waals surface area contributed by atoms with E-state index in [1.807, 2.05) is 0 Å². The Kier molecular flexibility index (Phi) is 9.80. The molecule has 0 radical (unpaired) electrons. The van der Waals surface area contributed by atoms with Gasteiger partial charge in [0.05, 0.1) is 30.5 Å². The van der Waals surface area contributed by atoms with Gasteiger partial charge in [-0.25, -0.2) is 18.4 Å². The van der Waals surface area contributed by atoms with Gasteiger partial charge in [0.2, 0.25) is 0 Å². The van der Waals surface area contributed by atoms with Crippen LogP contribution in [0.4, 0.5) is 19.4 Å². The number of nitrogens with one attached hydrogen (secondary N) is 2. The number of ether oxygens (including phenoxy) is 3. The summed E-state index contributed by atoms with van der Waals surface area (Å²) < 4.78 is 44.2. The Bertz CT molecular complexity index is 1320. The van der Waals surface area contributed by atoms with Crippen molar-refractivity contribution in [1.82, 2.24) is 20.0 Å². The van der Waals surface area contributed by atoms with Gasteiger partial charge in [-0.15, -0.1) is 0 Å². The summed E-state index contributed by atoms with van der Waals surface area (Å²) in [6.45, 7) is 2.73. The molecule has 0 aliphatic carbocycles. The highest BCUT2D eigenvalue weighted by atomic mass is 19.2. The number of hydrogen-bond donors (Lipinski definition) is 2. The van der Waals surface area contributed by atoms with Crippen molar-refractivity contribution >= 4 is 17.8 Å². The minimum Gasteiger partial charge on any atom is -0.460 e. The highest BCUT2D eigenvalue weighted by Crippen LogP contribution is 2.29. The van der Waals surface area contributed by atoms with Crippen molar-refractivity contribution in [2.75, 3.05) is 59.0 Å². The van der Waals surface area contributed by atoms with Gasteiger partial charge >= 0.3 is 12.0 Å². The summed E-state index contributed by atoms with van der Waals surface area (Å²) in [5, 5.41) is 10.3. The van der Waals surface area contributed by atoms with Gasteiger partial charge in [0.25, 0.3) is 0 Å². The molecular weight excluding hydrogens is 524 g/mol. The molecule has 12 heteroatoms. The molecule has 2 aromatic carbocycles. The van der Waals surface area contributed by atoms with Crippen molar-refractivity contribution in [2.24, 2.45) is 7.05 Å². The number of amides is 2. The molecule has 2 atom stereocenters. The van der Waals surface area contributed by atoms with Crippen LogP contribution in [-0.2, 0) is 21.3 Å². The first-order valence-electron chi connectivity index (χ1n) is 12.8. The van der Waals surface area contributed by atoms with Crippen LogP contribution < -0.4 is 10.6 Å². The molecule has 3 aromatic rings. The van der Waals surface area contributed by atoms with Gasteiger partial charge in [-0.2, -0.15) is 5.10 Å². The van der Waals surface area contributed by atoms with Gasteiger partial charge in [-0.05, 0) is 29.8 Å². The number of urea groups is 1. The van der Waals surface area contributed by atoms with Gasteiger partial charge in [0.15, 0.2) is 11.6 Å². The van der Waals surface area contributed by atoms with Crippen molar-refractivity contribution in [3.05, 3.63) is 71.3 Å². The van der Waals surface area contributed by atoms with Crippen LogP contribution in [0.1, 0.15) is 21.8 Å². The second-order valence-electron chi connectivity index (χ2n) is 9.48. The quantitative estimate of drug-likeness (QED) is 0.275. The summed E-state index contributed by atoms with van der Waals surface area (Å²) in [4.78, 5) is 27.2. The second kappa shape index (κ2) is 13.5. The van der Waals surface area contributed by atoms with Gasteiger partial charge < -0.3 is 19.5 Å². The molecule has 2 unspecified atom stereocenters. The molecule has 2 amide bonds. The molecule has 10 nitrogen and oxygen atoms in total. The van der Waals surface area contributed by atoms with Crippen molar-refractivity contribution in [1.29, 1.82) is 0 Å². The average Bonchev–Trinajstić information content (AvgIpc) is 3.51. The maximum absolute atomic E-state index is 14.0. The maximum Gasteiger partial charge on any atom is 0.338 e. The predicted octanol–water partition coefficient (Wildman–Crippen LogP) is 3.40. The number of carbonyl (C=O) groups is 2. The SMILES string of the molecule is COCCOC(=O)c1ccc(-c2cc(NC(=O)NC3CN(CCOC)CC3c3ccc(F)c(F)c3)n(C)n2)cc1. The number of esters is 1. The van der Waals surface area contributed by atoms with Crippen LogP contribution in [0.15, 0.2) is 48.5 Å². The fraction of sp³-hybridized carbons (Fsp3) is 0.393. The normalized spacial score (nSPS) is 17.1. The van der Waals surface area contributed by atoms with E-state index < -0.39 is 23.6 Å². The number of nitrogens with zero attached hydrogens (tertiary/aromatic N) is 3. The first-order valence-corrected chi connectivity index (χ1v) is 12.8. The lowest BCUT2D eigenvalue weighted by Gasteiger charge is -2.20. The molecule has 4 rings (SSSR count). The Morgan fingerprint density at radius 2 is 1.73 bits per heavy atom. The number of carbonyl (C=O) groups excluding carboxylic acids is 2. The zero-order valence-electron chi connectivity index (χ0n) is 22.7. The smallest absolute Gasteiger partial charge is 0.338 e. The Morgan fingerprint density at radius 1 is 0.975 bits per heavy atom. The number of methoxy groups -OCH3 is 2. The predicted molar refractivity (Wildman–Crippen MR) is 144 cm³/mol. The van der Waals surface area contributed by atoms with Crippen molar-refractivity contribution in [3.8, 4) is 11.3 Å². The summed E-state index contributed by atoms with van der Waals surface area (Å²) in [5.74, 6) is -2.06. The highest BCUT2D eigenvalue weighted by Gasteiger charge is 2.35. The monoisotopic (exact) mass is 557 g/mol. The Labute approximate surface area is 231 Å². The van der Waals surface area contributed by atoms with E-state index in [1.165, 1.54) is 17.9 Å². The third-order valence-corrected chi connectivity index (χ3v) is 6.75. The topological polar surface area (TPSA) is 107 Å². The molecule has 2 N–H and O–H groups in total. The Morgan fingerprint density at radius 3 is 2.42 bits per heavy atom. The zero-order chi connectivity index (χ0) is 28.6. The number of rotatable bonds is 11. The number of likely N-dealkylation sites (tertiary alicyclic amines) is 1. The van der Waals surface area contributed by atoms with Crippen LogP contribution in [0.5, 0.6) is 0 Å². The molecule has 214 valence electrons. The van der Waals surface area contributed by atoms with E-state index in [0.717, 1.165) is 11.6 Å². The molecule has 0 saturated carbocycles. The van der Waals surface area contributed by atoms with Gasteiger partial charge in [0.1, 0.15) is 12.4 Å². The van der Waals surface area contributed by atoms with Crippen LogP contribution in [-0.4, -0.2) is 86.4 Å². The Hall–Kier alpha value is -3.87. The lowest BCUT2D eigenvalue weighted by Crippen LogP contribution is -2.42. The second-order valence-corrected chi connectivity index (χ2v) is 9.48. The third kappa shape index (κ3) is 7.20. The minimum absolute atomic E-state index is 0.169.